The summed E-state index contributed by atoms with van der Waals surface area (Å²) in [5, 5.41) is 4.70. The average Bonchev–Trinajstić information content (AvgIpc) is 4.03. The smallest absolute Gasteiger partial charge is 0.439 e. The van der Waals surface area contributed by atoms with Crippen molar-refractivity contribution in [2.75, 3.05) is 0 Å². The molecular formula is C48H44N8Pt2. The molecule has 0 fully saturated rings. The van der Waals surface area contributed by atoms with Crippen molar-refractivity contribution in [3.8, 4) is 22.8 Å². The molecule has 58 heavy (non-hydrogen) atoms. The summed E-state index contributed by atoms with van der Waals surface area (Å²) in [6.45, 7) is 8.60. The van der Waals surface area contributed by atoms with Crippen LogP contribution in [-0.2, 0) is 56.2 Å². The topological polar surface area (TPSA) is 89.6 Å². The summed E-state index contributed by atoms with van der Waals surface area (Å²) in [4.78, 5) is 26.7. The number of pyridine rings is 2. The normalized spacial score (nSPS) is 10.6. The second-order valence-electron chi connectivity index (χ2n) is 14.1. The van der Waals surface area contributed by atoms with Gasteiger partial charge in [-0.3, -0.25) is 9.97 Å². The fourth-order valence-corrected chi connectivity index (χ4v) is 6.30. The maximum Gasteiger partial charge on any atom is 2.00 e. The van der Waals surface area contributed by atoms with E-state index < -0.39 is 0 Å². The molecular weight excluding hydrogens is 1080 g/mol. The molecule has 10 heteroatoms. The Hall–Kier alpha value is -5.42. The fourth-order valence-electron chi connectivity index (χ4n) is 6.30. The van der Waals surface area contributed by atoms with Gasteiger partial charge in [0.15, 0.2) is 0 Å². The summed E-state index contributed by atoms with van der Waals surface area (Å²) in [6.07, 6.45) is 7.43. The number of aryl methyl sites for hydroxylation is 2. The molecule has 0 bridgehead atoms. The van der Waals surface area contributed by atoms with Gasteiger partial charge in [-0.15, -0.1) is 71.8 Å². The molecule has 6 aromatic heterocycles. The summed E-state index contributed by atoms with van der Waals surface area (Å²) < 4.78 is 3.96. The van der Waals surface area contributed by atoms with Crippen LogP contribution < -0.4 is 9.97 Å². The molecule has 6 heterocycles. The molecule has 0 radical (unpaired) electrons. The Morgan fingerprint density at radius 2 is 0.879 bits per heavy atom. The molecule has 0 aliphatic heterocycles. The van der Waals surface area contributed by atoms with Crippen LogP contribution in [0, 0.1) is 12.1 Å². The van der Waals surface area contributed by atoms with Crippen LogP contribution in [0.15, 0.2) is 146 Å². The first-order valence-corrected chi connectivity index (χ1v) is 18.8. The van der Waals surface area contributed by atoms with Crippen molar-refractivity contribution < 1.29 is 42.1 Å². The van der Waals surface area contributed by atoms with Crippen molar-refractivity contribution in [2.24, 2.45) is 14.1 Å². The van der Waals surface area contributed by atoms with E-state index in [1.807, 2.05) is 121 Å². The SMILES string of the molecule is CC(C)c1ccc2c(n1)[n-]c1ccccc12.CC(C)c1ccc2c(n1)[n-]c1ccccc12.Cn1ccnc1-c1[c-]cccc1.Cn1ccnc1-c1[c-]cccc1.[Pt+2].[Pt+2]. The van der Waals surface area contributed by atoms with Crippen LogP contribution in [-0.4, -0.2) is 29.1 Å². The van der Waals surface area contributed by atoms with Crippen molar-refractivity contribution in [2.45, 2.75) is 39.5 Å². The molecule has 10 aromatic rings. The van der Waals surface area contributed by atoms with Crippen molar-refractivity contribution in [1.29, 1.82) is 0 Å². The molecule has 0 amide bonds. The monoisotopic (exact) mass is 1120 g/mol. The van der Waals surface area contributed by atoms with Gasteiger partial charge in [-0.2, -0.15) is 0 Å². The molecule has 0 unspecified atom stereocenters. The largest absolute Gasteiger partial charge is 2.00 e. The Morgan fingerprint density at radius 1 is 0.483 bits per heavy atom. The van der Waals surface area contributed by atoms with Crippen LogP contribution in [0.25, 0.3) is 66.6 Å². The third-order valence-corrected chi connectivity index (χ3v) is 9.36. The number of rotatable bonds is 4. The number of hydrogen-bond acceptors (Lipinski definition) is 4. The molecule has 0 atom stereocenters. The third-order valence-electron chi connectivity index (χ3n) is 9.36. The van der Waals surface area contributed by atoms with Gasteiger partial charge in [-0.1, -0.05) is 123 Å². The molecule has 8 nitrogen and oxygen atoms in total. The number of nitrogens with zero attached hydrogens (tertiary/aromatic N) is 8. The number of aromatic nitrogens is 8. The molecule has 0 spiro atoms. The van der Waals surface area contributed by atoms with E-state index in [2.05, 4.69) is 106 Å². The zero-order valence-corrected chi connectivity index (χ0v) is 37.8. The minimum Gasteiger partial charge on any atom is -0.439 e. The Labute approximate surface area is 368 Å². The number of fused-ring (bicyclic) bond motifs is 6. The first-order valence-electron chi connectivity index (χ1n) is 18.8. The van der Waals surface area contributed by atoms with Gasteiger partial charge in [0.05, 0.1) is 11.6 Å². The van der Waals surface area contributed by atoms with Crippen molar-refractivity contribution in [3.05, 3.63) is 170 Å². The predicted molar refractivity (Wildman–Crippen MR) is 228 cm³/mol. The first-order chi connectivity index (χ1) is 27.3. The summed E-state index contributed by atoms with van der Waals surface area (Å²) >= 11 is 0. The molecule has 0 aliphatic rings. The molecule has 0 N–H and O–H groups in total. The van der Waals surface area contributed by atoms with Crippen molar-refractivity contribution in [3.63, 3.8) is 0 Å². The molecule has 296 valence electrons. The summed E-state index contributed by atoms with van der Waals surface area (Å²) in [5.74, 6) is 2.81. The molecule has 4 aromatic carbocycles. The molecule has 0 aliphatic carbocycles. The van der Waals surface area contributed by atoms with Crippen molar-refractivity contribution >= 4 is 43.9 Å². The van der Waals surface area contributed by atoms with Gasteiger partial charge in [0, 0.05) is 38.9 Å². The van der Waals surface area contributed by atoms with Gasteiger partial charge in [0.25, 0.3) is 0 Å². The Morgan fingerprint density at radius 3 is 1.22 bits per heavy atom. The van der Waals surface area contributed by atoms with Gasteiger partial charge in [-0.25, -0.2) is 0 Å². The zero-order chi connectivity index (χ0) is 39.0. The van der Waals surface area contributed by atoms with Crippen LogP contribution in [0.1, 0.15) is 50.9 Å². The Balaban J connectivity index is 0.000000147. The number of hydrogen-bond donors (Lipinski definition) is 0. The number of imidazole rings is 2. The zero-order valence-electron chi connectivity index (χ0n) is 33.2. The Kier molecular flexibility index (Phi) is 15.3. The van der Waals surface area contributed by atoms with Crippen LogP contribution >= 0.6 is 0 Å². The van der Waals surface area contributed by atoms with Crippen molar-refractivity contribution in [1.82, 2.24) is 39.0 Å². The first kappa shape index (κ1) is 43.7. The van der Waals surface area contributed by atoms with E-state index in [-0.39, 0.29) is 42.1 Å². The van der Waals surface area contributed by atoms with E-state index in [1.54, 1.807) is 12.4 Å². The second-order valence-corrected chi connectivity index (χ2v) is 14.1. The summed E-state index contributed by atoms with van der Waals surface area (Å²) in [7, 11) is 3.95. The maximum atomic E-state index is 4.60. The van der Waals surface area contributed by atoms with E-state index >= 15 is 0 Å². The fraction of sp³-hybridized carbons (Fsp3) is 0.167. The quantitative estimate of drug-likeness (QED) is 0.163. The van der Waals surface area contributed by atoms with Gasteiger partial charge in [0.2, 0.25) is 0 Å². The minimum absolute atomic E-state index is 0. The van der Waals surface area contributed by atoms with Crippen LogP contribution in [0.5, 0.6) is 0 Å². The van der Waals surface area contributed by atoms with E-state index in [9.17, 15) is 0 Å². The van der Waals surface area contributed by atoms with Gasteiger partial charge >= 0.3 is 42.1 Å². The molecule has 0 saturated carbocycles. The Bertz CT molecular complexity index is 2600. The second kappa shape index (κ2) is 20.3. The number of para-hydroxylation sites is 2. The maximum absolute atomic E-state index is 4.60. The summed E-state index contributed by atoms with van der Waals surface area (Å²) in [5.41, 5.74) is 8.08. The van der Waals surface area contributed by atoms with E-state index in [1.165, 1.54) is 10.8 Å². The van der Waals surface area contributed by atoms with E-state index in [4.69, 9.17) is 0 Å². The van der Waals surface area contributed by atoms with E-state index in [0.29, 0.717) is 11.8 Å². The van der Waals surface area contributed by atoms with Gasteiger partial charge in [0.1, 0.15) is 0 Å². The van der Waals surface area contributed by atoms with Crippen LogP contribution in [0.2, 0.25) is 0 Å². The molecule has 10 rings (SSSR count). The summed E-state index contributed by atoms with van der Waals surface area (Å²) in [6, 6.07) is 46.8. The number of benzene rings is 4. The predicted octanol–water partition coefficient (Wildman–Crippen LogP) is 10.7. The van der Waals surface area contributed by atoms with Gasteiger partial charge in [-0.05, 0) is 44.4 Å². The van der Waals surface area contributed by atoms with Gasteiger partial charge < -0.3 is 29.1 Å². The molecule has 0 saturated heterocycles. The standard InChI is InChI=1S/2C14H13N2.2C10H9N2.2Pt/c2*1-9(2)12-8-7-11-10-5-3-4-6-13(10)16-14(11)15-12;2*1-12-8-7-11-10(12)9-5-3-2-4-6-9;;/h2*3-9H,1-2H3;2*2-5,7-8H,1H3;;/q4*-1;2*+2. The average molecular weight is 1120 g/mol. The third kappa shape index (κ3) is 10.2. The van der Waals surface area contributed by atoms with Crippen LogP contribution in [0.4, 0.5) is 0 Å². The van der Waals surface area contributed by atoms with E-state index in [0.717, 1.165) is 67.3 Å². The minimum atomic E-state index is 0. The van der Waals surface area contributed by atoms with Crippen LogP contribution in [0.3, 0.4) is 0 Å².